The van der Waals surface area contributed by atoms with Crippen LogP contribution < -0.4 is 31.8 Å². The Bertz CT molecular complexity index is 2070. The van der Waals surface area contributed by atoms with E-state index in [4.69, 9.17) is 0 Å². The van der Waals surface area contributed by atoms with E-state index in [2.05, 4.69) is 0 Å². The average Bonchev–Trinajstić information content (AvgIpc) is 3.18. The molecular formula is C38H30CuF6NO6P2S2+. The Kier molecular flexibility index (Phi) is 15.9. The van der Waals surface area contributed by atoms with Gasteiger partial charge in [0.2, 0.25) is 0 Å². The number of halogens is 6. The van der Waals surface area contributed by atoms with E-state index in [0.717, 1.165) is 36.0 Å². The maximum atomic E-state index is 13.8. The van der Waals surface area contributed by atoms with Gasteiger partial charge in [-0.05, 0) is 0 Å². The van der Waals surface area contributed by atoms with Crippen LogP contribution in [-0.4, -0.2) is 27.9 Å². The predicted octanol–water partition coefficient (Wildman–Crippen LogP) is 7.71. The van der Waals surface area contributed by atoms with Crippen molar-refractivity contribution in [3.63, 3.8) is 0 Å². The van der Waals surface area contributed by atoms with Gasteiger partial charge >= 0.3 is 28.1 Å². The van der Waals surface area contributed by atoms with E-state index < -0.39 is 45.3 Å². The summed E-state index contributed by atoms with van der Waals surface area (Å²) in [6, 6.07) is 58.3. The van der Waals surface area contributed by atoms with E-state index in [1.807, 2.05) is 182 Å². The van der Waals surface area contributed by atoms with Gasteiger partial charge in [0.05, 0.1) is 0 Å². The molecule has 0 bridgehead atoms. The van der Waals surface area contributed by atoms with Crippen LogP contribution in [0.3, 0.4) is 0 Å². The number of benzene rings is 6. The maximum Gasteiger partial charge on any atom is 2.00 e. The minimum absolute atomic E-state index is 0. The summed E-state index contributed by atoms with van der Waals surface area (Å²) in [5.41, 5.74) is -12.4. The van der Waals surface area contributed by atoms with E-state index in [0.29, 0.717) is 0 Å². The Labute approximate surface area is 331 Å². The van der Waals surface area contributed by atoms with E-state index in [1.54, 1.807) is 0 Å². The van der Waals surface area contributed by atoms with Gasteiger partial charge in [0.15, 0.2) is 34.3 Å². The molecule has 0 saturated carbocycles. The molecule has 0 aliphatic carbocycles. The summed E-state index contributed by atoms with van der Waals surface area (Å²) in [6.07, 6.45) is 0. The fourth-order valence-corrected chi connectivity index (χ4v) is 12.0. The zero-order chi connectivity index (χ0) is 40.4. The summed E-state index contributed by atoms with van der Waals surface area (Å²) < 4.78 is 137. The molecule has 0 aliphatic rings. The fraction of sp³-hybridized carbons (Fsp3) is 0.0526. The molecule has 6 aromatic rings. The molecular weight excluding hydrogens is 870 g/mol. The van der Waals surface area contributed by atoms with Crippen LogP contribution in [0.25, 0.3) is 4.13 Å². The normalized spacial score (nSPS) is 12.1. The predicted molar refractivity (Wildman–Crippen MR) is 205 cm³/mol. The summed E-state index contributed by atoms with van der Waals surface area (Å²) in [5, 5.41) is 5.24. The Morgan fingerprint density at radius 1 is 0.339 bits per heavy atom. The summed E-state index contributed by atoms with van der Waals surface area (Å²) in [5.74, 6) is 0. The molecule has 0 aromatic heterocycles. The van der Waals surface area contributed by atoms with E-state index >= 15 is 0 Å². The van der Waals surface area contributed by atoms with Gasteiger partial charge in [-0.25, -0.2) is 16.8 Å². The van der Waals surface area contributed by atoms with Crippen LogP contribution in [0.4, 0.5) is 26.3 Å². The monoisotopic (exact) mass is 899 g/mol. The van der Waals surface area contributed by atoms with E-state index in [1.165, 1.54) is 0 Å². The minimum Gasteiger partial charge on any atom is -0.421 e. The van der Waals surface area contributed by atoms with Crippen molar-refractivity contribution in [3.05, 3.63) is 186 Å². The van der Waals surface area contributed by atoms with Gasteiger partial charge in [-0.15, -0.1) is 0 Å². The second-order valence-electron chi connectivity index (χ2n) is 11.1. The number of nitrogens with zero attached hydrogens (tertiary/aromatic N) is 1. The largest absolute Gasteiger partial charge is 2.00 e. The molecule has 0 N–H and O–H groups in total. The average molecular weight is 900 g/mol. The summed E-state index contributed by atoms with van der Waals surface area (Å²) in [7, 11) is -19.0. The van der Waals surface area contributed by atoms with Gasteiger partial charge < -0.3 is 13.3 Å². The molecule has 1 radical (unpaired) electrons. The summed E-state index contributed by atoms with van der Waals surface area (Å²) >= 11 is 0. The van der Waals surface area contributed by atoms with E-state index in [-0.39, 0.29) is 17.1 Å². The zero-order valence-electron chi connectivity index (χ0n) is 28.5. The Morgan fingerprint density at radius 2 is 0.482 bits per heavy atom. The maximum absolute atomic E-state index is 13.8. The minimum atomic E-state index is -6.72. The van der Waals surface area contributed by atoms with Crippen molar-refractivity contribution in [1.82, 2.24) is 0 Å². The molecule has 56 heavy (non-hydrogen) atoms. The quantitative estimate of drug-likeness (QED) is 0.0879. The molecule has 7 nitrogen and oxygen atoms in total. The van der Waals surface area contributed by atoms with E-state index in [9.17, 15) is 52.3 Å². The van der Waals surface area contributed by atoms with Gasteiger partial charge in [-0.1, -0.05) is 182 Å². The van der Waals surface area contributed by atoms with Crippen LogP contribution >= 0.6 is 14.3 Å². The first-order chi connectivity index (χ1) is 25.8. The van der Waals surface area contributed by atoms with Crippen LogP contribution in [-0.2, 0) is 46.2 Å². The van der Waals surface area contributed by atoms with Gasteiger partial charge in [0.1, 0.15) is 0 Å². The third kappa shape index (κ3) is 11.0. The van der Waals surface area contributed by atoms with Gasteiger partial charge in [-0.2, -0.15) is 26.3 Å². The van der Waals surface area contributed by atoms with Crippen molar-refractivity contribution in [2.45, 2.75) is 11.0 Å². The molecule has 0 amide bonds. The number of alkyl halides is 6. The second kappa shape index (κ2) is 19.3. The summed E-state index contributed by atoms with van der Waals surface area (Å²) in [6.45, 7) is 0. The molecule has 0 aliphatic heterocycles. The zero-order valence-corrected chi connectivity index (χ0v) is 32.9. The summed E-state index contributed by atoms with van der Waals surface area (Å²) in [4.78, 5) is 0. The molecule has 297 valence electrons. The third-order valence-corrected chi connectivity index (χ3v) is 16.4. The first-order valence-electron chi connectivity index (χ1n) is 15.7. The number of rotatable bonds is 8. The number of hydrogen-bond donors (Lipinski definition) is 0. The molecule has 6 aromatic carbocycles. The van der Waals surface area contributed by atoms with Crippen molar-refractivity contribution < 1.29 is 69.4 Å². The molecule has 0 atom stereocenters. The fourth-order valence-electron chi connectivity index (χ4n) is 4.94. The van der Waals surface area contributed by atoms with Crippen LogP contribution in [0.2, 0.25) is 0 Å². The van der Waals surface area contributed by atoms with Crippen LogP contribution in [0.15, 0.2) is 182 Å². The van der Waals surface area contributed by atoms with Crippen molar-refractivity contribution >= 4 is 66.2 Å². The van der Waals surface area contributed by atoms with Gasteiger partial charge in [-0.3, -0.25) is 0 Å². The molecule has 6 rings (SSSR count). The third-order valence-electron chi connectivity index (χ3n) is 7.50. The first-order valence-corrected chi connectivity index (χ1v) is 22.0. The molecule has 0 saturated heterocycles. The van der Waals surface area contributed by atoms with Gasteiger partial charge in [0, 0.05) is 31.8 Å². The number of sulfonamides is 2. The van der Waals surface area contributed by atoms with Crippen molar-refractivity contribution in [2.24, 2.45) is 0 Å². The molecule has 0 heterocycles. The van der Waals surface area contributed by atoms with Gasteiger partial charge in [0.25, 0.3) is 0 Å². The standard InChI is InChI=1S/2C18H15OP.C2F6NO4S2.Cu/c2*19-20(16-10-4-1-5-11-16,17-12-6-2-7-13-17)18-14-8-3-9-15-18;3-1(4,5)14(10,11)9-15(12,13)2(6,7)8;/h2*1-15H;;/q;;-1;+2. The Morgan fingerprint density at radius 3 is 0.607 bits per heavy atom. The van der Waals surface area contributed by atoms with Crippen molar-refractivity contribution in [3.8, 4) is 0 Å². The Balaban J connectivity index is 0.000000227. The van der Waals surface area contributed by atoms with Crippen LogP contribution in [0.5, 0.6) is 0 Å². The SMILES string of the molecule is O=P(c1ccccc1)(c1ccccc1)c1ccccc1.O=P(c1ccccc1)(c1ccccc1)c1ccccc1.O=S(=O)([N-]S(=O)(=O)C(F)(F)F)C(F)(F)F.[Cu+2]. The second-order valence-corrected chi connectivity index (χ2v) is 20.1. The van der Waals surface area contributed by atoms with Crippen molar-refractivity contribution in [2.75, 3.05) is 0 Å². The topological polar surface area (TPSA) is 117 Å². The molecule has 0 fully saturated rings. The van der Waals surface area contributed by atoms with Crippen molar-refractivity contribution in [1.29, 1.82) is 0 Å². The van der Waals surface area contributed by atoms with Crippen LogP contribution in [0, 0.1) is 0 Å². The van der Waals surface area contributed by atoms with Crippen LogP contribution in [0.1, 0.15) is 0 Å². The molecule has 18 heteroatoms. The first kappa shape index (κ1) is 46.1. The number of hydrogen-bond acceptors (Lipinski definition) is 6. The molecule has 0 spiro atoms. The smallest absolute Gasteiger partial charge is 0.421 e. The molecule has 0 unspecified atom stereocenters. The Hall–Kier alpha value is -4.26.